The van der Waals surface area contributed by atoms with Crippen molar-refractivity contribution in [2.45, 2.75) is 97.0 Å². The van der Waals surface area contributed by atoms with Gasteiger partial charge in [-0.25, -0.2) is 14.3 Å². The molecule has 1 aromatic heterocycles. The van der Waals surface area contributed by atoms with Gasteiger partial charge >= 0.3 is 6.09 Å². The Labute approximate surface area is 141 Å². The fraction of sp³-hybridized carbons (Fsp3) is 0.789. The normalized spacial score (nSPS) is 12.3. The van der Waals surface area contributed by atoms with Crippen LogP contribution in [-0.4, -0.2) is 21.7 Å². The fourth-order valence-electron chi connectivity index (χ4n) is 2.78. The Morgan fingerprint density at radius 1 is 0.957 bits per heavy atom. The minimum Gasteiger partial charge on any atom is -0.446 e. The Morgan fingerprint density at radius 3 is 2.09 bits per heavy atom. The number of rotatable bonds is 13. The molecule has 0 N–H and O–H groups in total. The number of carbonyl (C=O) groups excluding carboxylic acids is 1. The van der Waals surface area contributed by atoms with Crippen molar-refractivity contribution in [2.24, 2.45) is 0 Å². The first-order valence-electron chi connectivity index (χ1n) is 9.46. The number of hydrogen-bond donors (Lipinski definition) is 0. The quantitative estimate of drug-likeness (QED) is 0.421. The number of ether oxygens (including phenoxy) is 1. The zero-order chi connectivity index (χ0) is 16.8. The second kappa shape index (κ2) is 13.1. The van der Waals surface area contributed by atoms with E-state index in [0.717, 1.165) is 25.7 Å². The maximum absolute atomic E-state index is 12.1. The lowest BCUT2D eigenvalue weighted by atomic mass is 10.0. The van der Waals surface area contributed by atoms with Gasteiger partial charge in [0.1, 0.15) is 12.4 Å². The molecular formula is C19H34N2O2. The van der Waals surface area contributed by atoms with Gasteiger partial charge in [-0.05, 0) is 25.7 Å². The first-order chi connectivity index (χ1) is 11.3. The molecule has 1 atom stereocenters. The van der Waals surface area contributed by atoms with Gasteiger partial charge in [0.2, 0.25) is 0 Å². The van der Waals surface area contributed by atoms with Gasteiger partial charge in [0.25, 0.3) is 0 Å². The van der Waals surface area contributed by atoms with Crippen LogP contribution in [-0.2, 0) is 4.74 Å². The van der Waals surface area contributed by atoms with Crippen LogP contribution in [0.4, 0.5) is 4.79 Å². The Balaban J connectivity index is 2.31. The lowest BCUT2D eigenvalue weighted by molar-refractivity contribution is 0.0852. The summed E-state index contributed by atoms with van der Waals surface area (Å²) in [5, 5.41) is 0. The van der Waals surface area contributed by atoms with E-state index in [1.807, 2.05) is 0 Å². The van der Waals surface area contributed by atoms with Crippen molar-refractivity contribution in [1.29, 1.82) is 0 Å². The molecule has 23 heavy (non-hydrogen) atoms. The molecule has 0 spiro atoms. The molecule has 1 aromatic rings. The predicted molar refractivity (Wildman–Crippen MR) is 94.6 cm³/mol. The Bertz CT molecular complexity index is 390. The summed E-state index contributed by atoms with van der Waals surface area (Å²) in [4.78, 5) is 16.0. The summed E-state index contributed by atoms with van der Waals surface area (Å²) < 4.78 is 7.10. The number of carbonyl (C=O) groups is 1. The molecule has 0 aromatic carbocycles. The highest BCUT2D eigenvalue weighted by Crippen LogP contribution is 2.16. The van der Waals surface area contributed by atoms with Gasteiger partial charge in [0, 0.05) is 12.4 Å². The van der Waals surface area contributed by atoms with Gasteiger partial charge in [-0.2, -0.15) is 0 Å². The molecule has 0 bridgehead atoms. The minimum atomic E-state index is -0.297. The monoisotopic (exact) mass is 322 g/mol. The van der Waals surface area contributed by atoms with E-state index in [-0.39, 0.29) is 12.2 Å². The van der Waals surface area contributed by atoms with Crippen LogP contribution in [0.15, 0.2) is 18.7 Å². The van der Waals surface area contributed by atoms with Crippen LogP contribution in [0.5, 0.6) is 0 Å². The summed E-state index contributed by atoms with van der Waals surface area (Å²) in [5.41, 5.74) is 0. The Morgan fingerprint density at radius 2 is 1.52 bits per heavy atom. The van der Waals surface area contributed by atoms with Crippen molar-refractivity contribution in [2.75, 3.05) is 0 Å². The first kappa shape index (κ1) is 19.7. The first-order valence-corrected chi connectivity index (χ1v) is 9.46. The topological polar surface area (TPSA) is 44.1 Å². The molecule has 0 aliphatic rings. The van der Waals surface area contributed by atoms with Crippen molar-refractivity contribution in [3.05, 3.63) is 18.7 Å². The van der Waals surface area contributed by atoms with Gasteiger partial charge in [-0.1, -0.05) is 65.2 Å². The minimum absolute atomic E-state index is 0.0490. The Hall–Kier alpha value is -1.32. The molecule has 4 heteroatoms. The highest BCUT2D eigenvalue weighted by Gasteiger charge is 2.15. The van der Waals surface area contributed by atoms with Crippen molar-refractivity contribution >= 4 is 6.09 Å². The molecule has 0 aliphatic heterocycles. The van der Waals surface area contributed by atoms with Crippen molar-refractivity contribution in [1.82, 2.24) is 9.55 Å². The van der Waals surface area contributed by atoms with E-state index in [4.69, 9.17) is 4.74 Å². The number of hydrogen-bond acceptors (Lipinski definition) is 3. The van der Waals surface area contributed by atoms with Crippen LogP contribution in [0.3, 0.4) is 0 Å². The molecule has 0 saturated carbocycles. The van der Waals surface area contributed by atoms with Crippen LogP contribution >= 0.6 is 0 Å². The van der Waals surface area contributed by atoms with E-state index in [1.165, 1.54) is 62.3 Å². The van der Waals surface area contributed by atoms with Gasteiger partial charge in [-0.15, -0.1) is 0 Å². The Kier molecular flexibility index (Phi) is 11.3. The maximum atomic E-state index is 12.1. The zero-order valence-electron chi connectivity index (χ0n) is 15.0. The van der Waals surface area contributed by atoms with Crippen molar-refractivity contribution in [3.63, 3.8) is 0 Å². The molecule has 0 amide bonds. The number of aromatic nitrogens is 2. The van der Waals surface area contributed by atoms with Gasteiger partial charge in [0.15, 0.2) is 0 Å². The lowest BCUT2D eigenvalue weighted by Gasteiger charge is -2.18. The summed E-state index contributed by atoms with van der Waals surface area (Å²) in [6.45, 7) is 4.45. The summed E-state index contributed by atoms with van der Waals surface area (Å²) in [5.74, 6) is 0. The highest BCUT2D eigenvalue weighted by molar-refractivity contribution is 5.70. The summed E-state index contributed by atoms with van der Waals surface area (Å²) in [6, 6.07) is 0. The number of imidazole rings is 1. The average Bonchev–Trinajstić information content (AvgIpc) is 3.09. The predicted octanol–water partition coefficient (Wildman–Crippen LogP) is 5.96. The van der Waals surface area contributed by atoms with Crippen molar-refractivity contribution < 1.29 is 9.53 Å². The molecule has 1 rings (SSSR count). The van der Waals surface area contributed by atoms with E-state index >= 15 is 0 Å². The molecule has 1 heterocycles. The SMILES string of the molecule is CCCCCCCCC(CCCCCC)OC(=O)n1ccnc1. The van der Waals surface area contributed by atoms with Crippen LogP contribution < -0.4 is 0 Å². The second-order valence-electron chi connectivity index (χ2n) is 6.38. The molecule has 0 saturated heterocycles. The van der Waals surface area contributed by atoms with E-state index < -0.39 is 0 Å². The van der Waals surface area contributed by atoms with Gasteiger partial charge in [-0.3, -0.25) is 0 Å². The van der Waals surface area contributed by atoms with Crippen molar-refractivity contribution in [3.8, 4) is 0 Å². The van der Waals surface area contributed by atoms with E-state index in [2.05, 4.69) is 18.8 Å². The number of unbranched alkanes of at least 4 members (excludes halogenated alkanes) is 8. The van der Waals surface area contributed by atoms with Gasteiger partial charge in [0.05, 0.1) is 0 Å². The summed E-state index contributed by atoms with van der Waals surface area (Å²) in [6.07, 6.45) is 19.0. The largest absolute Gasteiger partial charge is 0.446 e. The third-order valence-electron chi connectivity index (χ3n) is 4.24. The van der Waals surface area contributed by atoms with E-state index in [1.54, 1.807) is 12.4 Å². The van der Waals surface area contributed by atoms with Gasteiger partial charge < -0.3 is 4.74 Å². The van der Waals surface area contributed by atoms with E-state index in [0.29, 0.717) is 0 Å². The molecule has 0 radical (unpaired) electrons. The molecule has 132 valence electrons. The third kappa shape index (κ3) is 9.42. The molecule has 1 unspecified atom stereocenters. The second-order valence-corrected chi connectivity index (χ2v) is 6.38. The van der Waals surface area contributed by atoms with Crippen LogP contribution in [0, 0.1) is 0 Å². The molecule has 4 nitrogen and oxygen atoms in total. The fourth-order valence-corrected chi connectivity index (χ4v) is 2.78. The molecular weight excluding hydrogens is 288 g/mol. The van der Waals surface area contributed by atoms with E-state index in [9.17, 15) is 4.79 Å². The summed E-state index contributed by atoms with van der Waals surface area (Å²) in [7, 11) is 0. The molecule has 0 aliphatic carbocycles. The van der Waals surface area contributed by atoms with Crippen LogP contribution in [0.25, 0.3) is 0 Å². The third-order valence-corrected chi connectivity index (χ3v) is 4.24. The maximum Gasteiger partial charge on any atom is 0.419 e. The molecule has 0 fully saturated rings. The highest BCUT2D eigenvalue weighted by atomic mass is 16.6. The smallest absolute Gasteiger partial charge is 0.419 e. The lowest BCUT2D eigenvalue weighted by Crippen LogP contribution is -2.21. The van der Waals surface area contributed by atoms with Crippen LogP contribution in [0.1, 0.15) is 90.9 Å². The average molecular weight is 322 g/mol. The summed E-state index contributed by atoms with van der Waals surface area (Å²) >= 11 is 0. The zero-order valence-corrected chi connectivity index (χ0v) is 15.0. The standard InChI is InChI=1S/C19H34N2O2/c1-3-5-7-9-10-12-14-18(13-11-8-6-4-2)23-19(22)21-16-15-20-17-21/h15-18H,3-14H2,1-2H3. The number of nitrogens with zero attached hydrogens (tertiary/aromatic N) is 2. The van der Waals surface area contributed by atoms with Crippen LogP contribution in [0.2, 0.25) is 0 Å².